The number of aliphatic hydroxyl groups excluding tert-OH is 8. The fraction of sp³-hybridized carbons (Fsp3) is 1.00. The molecule has 3 fully saturated rings. The minimum atomic E-state index is -1.56. The van der Waals surface area contributed by atoms with E-state index in [0.29, 0.717) is 0 Å². The van der Waals surface area contributed by atoms with Gasteiger partial charge < -0.3 is 81.7 Å². The van der Waals surface area contributed by atoms with Crippen LogP contribution in [0.25, 0.3) is 0 Å². The largest absolute Gasteiger partial charge is 0.394 e. The van der Waals surface area contributed by atoms with E-state index in [0.717, 1.165) is 0 Å². The van der Waals surface area contributed by atoms with Crippen molar-refractivity contribution in [1.82, 2.24) is 0 Å². The van der Waals surface area contributed by atoms with E-state index < -0.39 is 112 Å². The summed E-state index contributed by atoms with van der Waals surface area (Å²) in [5.41, 5.74) is 17.6. The van der Waals surface area contributed by atoms with Gasteiger partial charge in [0.05, 0.1) is 37.9 Å². The molecule has 16 nitrogen and oxygen atoms in total. The van der Waals surface area contributed by atoms with Crippen molar-refractivity contribution in [2.75, 3.05) is 19.8 Å². The summed E-state index contributed by atoms with van der Waals surface area (Å²) in [5.74, 6) is 0. The van der Waals surface area contributed by atoms with Gasteiger partial charge in [-0.3, -0.25) is 0 Å². The van der Waals surface area contributed by atoms with Crippen molar-refractivity contribution >= 4 is 0 Å². The molecule has 0 amide bonds. The predicted octanol–water partition coefficient (Wildman–Crippen LogP) is -7.67. The van der Waals surface area contributed by atoms with Gasteiger partial charge in [0.25, 0.3) is 0 Å². The molecule has 0 bridgehead atoms. The maximum atomic E-state index is 10.8. The topological polar surface area (TPSA) is 286 Å². The van der Waals surface area contributed by atoms with Crippen LogP contribution < -0.4 is 17.2 Å². The molecule has 3 saturated heterocycles. The number of rotatable bonds is 7. The van der Waals surface area contributed by atoms with Crippen molar-refractivity contribution in [3.63, 3.8) is 0 Å². The SMILES string of the molecule is NC1C(OC2C(CO)OC(OC3C(CO)OC(O)C(N)C3O)C(N)C2O)OC(CO)C(O)C1O. The third-order valence-electron chi connectivity index (χ3n) is 6.33. The lowest BCUT2D eigenvalue weighted by atomic mass is 9.94. The summed E-state index contributed by atoms with van der Waals surface area (Å²) in [6, 6.07) is -3.87. The van der Waals surface area contributed by atoms with E-state index in [9.17, 15) is 40.9 Å². The van der Waals surface area contributed by atoms with Gasteiger partial charge in [-0.1, -0.05) is 0 Å². The third kappa shape index (κ3) is 5.37. The van der Waals surface area contributed by atoms with Crippen molar-refractivity contribution < 1.29 is 64.5 Å². The fourth-order valence-corrected chi connectivity index (χ4v) is 4.18. The quantitative estimate of drug-likeness (QED) is 0.154. The molecule has 16 heteroatoms. The molecule has 0 aromatic heterocycles. The first kappa shape index (κ1) is 27.9. The minimum absolute atomic E-state index is 0.651. The summed E-state index contributed by atoms with van der Waals surface area (Å²) in [6.45, 7) is -2.00. The first-order valence-corrected chi connectivity index (χ1v) is 10.8. The summed E-state index contributed by atoms with van der Waals surface area (Å²) in [4.78, 5) is 0. The van der Waals surface area contributed by atoms with E-state index in [1.54, 1.807) is 0 Å². The summed E-state index contributed by atoms with van der Waals surface area (Å²) < 4.78 is 27.4. The molecule has 3 rings (SSSR count). The molecule has 34 heavy (non-hydrogen) atoms. The van der Waals surface area contributed by atoms with Crippen molar-refractivity contribution in [3.05, 3.63) is 0 Å². The second-order valence-electron chi connectivity index (χ2n) is 8.59. The molecule has 3 heterocycles. The highest BCUT2D eigenvalue weighted by atomic mass is 16.7. The molecule has 0 saturated carbocycles. The highest BCUT2D eigenvalue weighted by Gasteiger charge is 2.52. The Morgan fingerprint density at radius 2 is 0.941 bits per heavy atom. The summed E-state index contributed by atoms with van der Waals surface area (Å²) in [5, 5.41) is 79.6. The molecule has 0 radical (unpaired) electrons. The van der Waals surface area contributed by atoms with Gasteiger partial charge in [-0.2, -0.15) is 0 Å². The number of hydrogen-bond acceptors (Lipinski definition) is 16. The van der Waals surface area contributed by atoms with Crippen LogP contribution in [0.5, 0.6) is 0 Å². The van der Waals surface area contributed by atoms with Gasteiger partial charge in [-0.15, -0.1) is 0 Å². The van der Waals surface area contributed by atoms with Crippen molar-refractivity contribution in [2.45, 2.75) is 91.9 Å². The number of ether oxygens (including phenoxy) is 5. The zero-order valence-electron chi connectivity index (χ0n) is 18.1. The maximum absolute atomic E-state index is 10.8. The zero-order chi connectivity index (χ0) is 25.3. The van der Waals surface area contributed by atoms with Gasteiger partial charge in [0.1, 0.15) is 54.9 Å². The Balaban J connectivity index is 1.72. The summed E-state index contributed by atoms with van der Waals surface area (Å²) in [7, 11) is 0. The Hall–Kier alpha value is -0.640. The van der Waals surface area contributed by atoms with Gasteiger partial charge in [-0.25, -0.2) is 0 Å². The standard InChI is InChI=1S/C18H35N3O13/c19-7-12(27)14(5(2-23)30-16(7)29)33-18-9(21)13(28)15(6(3-24)32-18)34-17-8(20)11(26)10(25)4(1-22)31-17/h4-18,22-29H,1-3,19-21H2. The Bertz CT molecular complexity index is 646. The number of hydrogen-bond donors (Lipinski definition) is 11. The van der Waals surface area contributed by atoms with Crippen LogP contribution in [-0.2, 0) is 23.7 Å². The van der Waals surface area contributed by atoms with E-state index in [1.165, 1.54) is 0 Å². The Kier molecular flexibility index (Phi) is 9.54. The normalized spacial score (nSPS) is 52.5. The molecule has 0 aromatic rings. The van der Waals surface area contributed by atoms with Crippen LogP contribution in [0.15, 0.2) is 0 Å². The van der Waals surface area contributed by atoms with Crippen LogP contribution in [0, 0.1) is 0 Å². The second kappa shape index (κ2) is 11.6. The van der Waals surface area contributed by atoms with Gasteiger partial charge in [0.2, 0.25) is 0 Å². The number of nitrogens with two attached hydrogens (primary N) is 3. The lowest BCUT2D eigenvalue weighted by Gasteiger charge is -2.48. The van der Waals surface area contributed by atoms with Crippen LogP contribution >= 0.6 is 0 Å². The van der Waals surface area contributed by atoms with Crippen LogP contribution in [0.1, 0.15) is 0 Å². The average Bonchev–Trinajstić information content (AvgIpc) is 2.83. The molecule has 3 aliphatic heterocycles. The van der Waals surface area contributed by atoms with E-state index in [4.69, 9.17) is 40.9 Å². The van der Waals surface area contributed by atoms with E-state index in [-0.39, 0.29) is 0 Å². The molecule has 3 aliphatic rings. The molecule has 15 unspecified atom stereocenters. The first-order chi connectivity index (χ1) is 16.0. The Morgan fingerprint density at radius 1 is 0.529 bits per heavy atom. The fourth-order valence-electron chi connectivity index (χ4n) is 4.18. The van der Waals surface area contributed by atoms with Crippen molar-refractivity contribution in [2.24, 2.45) is 17.2 Å². The number of aliphatic hydroxyl groups is 8. The smallest absolute Gasteiger partial charge is 0.176 e. The second-order valence-corrected chi connectivity index (χ2v) is 8.59. The van der Waals surface area contributed by atoms with Gasteiger partial charge in [-0.05, 0) is 0 Å². The molecule has 0 aromatic carbocycles. The van der Waals surface area contributed by atoms with Crippen LogP contribution in [0.2, 0.25) is 0 Å². The van der Waals surface area contributed by atoms with Gasteiger partial charge >= 0.3 is 0 Å². The maximum Gasteiger partial charge on any atom is 0.176 e. The van der Waals surface area contributed by atoms with Crippen LogP contribution in [-0.4, -0.2) is 153 Å². The Labute approximate surface area is 194 Å². The van der Waals surface area contributed by atoms with Crippen LogP contribution in [0.3, 0.4) is 0 Å². The molecule has 14 N–H and O–H groups in total. The highest BCUT2D eigenvalue weighted by molar-refractivity contribution is 4.98. The molecule has 0 spiro atoms. The van der Waals surface area contributed by atoms with E-state index >= 15 is 0 Å². The zero-order valence-corrected chi connectivity index (χ0v) is 18.1. The lowest BCUT2D eigenvalue weighted by molar-refractivity contribution is -0.348. The van der Waals surface area contributed by atoms with Crippen molar-refractivity contribution in [1.29, 1.82) is 0 Å². The third-order valence-corrected chi connectivity index (χ3v) is 6.33. The molecular weight excluding hydrogens is 466 g/mol. The van der Waals surface area contributed by atoms with Crippen molar-refractivity contribution in [3.8, 4) is 0 Å². The van der Waals surface area contributed by atoms with E-state index in [1.807, 2.05) is 0 Å². The highest BCUT2D eigenvalue weighted by Crippen LogP contribution is 2.30. The molecule has 200 valence electrons. The molecule has 15 atom stereocenters. The summed E-state index contributed by atoms with van der Waals surface area (Å²) in [6.07, 6.45) is -16.8. The van der Waals surface area contributed by atoms with E-state index in [2.05, 4.69) is 0 Å². The summed E-state index contributed by atoms with van der Waals surface area (Å²) >= 11 is 0. The Morgan fingerprint density at radius 3 is 1.44 bits per heavy atom. The molecular formula is C18H35N3O13. The monoisotopic (exact) mass is 501 g/mol. The predicted molar refractivity (Wildman–Crippen MR) is 107 cm³/mol. The first-order valence-electron chi connectivity index (χ1n) is 10.8. The lowest BCUT2D eigenvalue weighted by Crippen LogP contribution is -2.69. The molecule has 0 aliphatic carbocycles. The van der Waals surface area contributed by atoms with Crippen LogP contribution in [0.4, 0.5) is 0 Å². The average molecular weight is 501 g/mol. The van der Waals surface area contributed by atoms with Gasteiger partial charge in [0.15, 0.2) is 18.9 Å². The minimum Gasteiger partial charge on any atom is -0.394 e. The van der Waals surface area contributed by atoms with Gasteiger partial charge in [0, 0.05) is 0 Å².